The molecule has 0 aliphatic rings. The predicted molar refractivity (Wildman–Crippen MR) is 83.8 cm³/mol. The van der Waals surface area contributed by atoms with E-state index in [4.69, 9.17) is 0 Å². The fraction of sp³-hybridized carbons (Fsp3) is 0.200. The van der Waals surface area contributed by atoms with Gasteiger partial charge in [-0.3, -0.25) is 0 Å². The van der Waals surface area contributed by atoms with Crippen LogP contribution in [-0.2, 0) is 0 Å². The Kier molecular flexibility index (Phi) is 3.53. The van der Waals surface area contributed by atoms with Crippen LogP contribution in [0.1, 0.15) is 13.8 Å². The van der Waals surface area contributed by atoms with E-state index in [0.29, 0.717) is 5.25 Å². The maximum Gasteiger partial charge on any atom is 0.128 e. The van der Waals surface area contributed by atoms with E-state index in [1.165, 1.54) is 15.8 Å². The average molecular weight is 286 g/mol. The summed E-state index contributed by atoms with van der Waals surface area (Å²) < 4.78 is 0. The minimum absolute atomic E-state index is 0.526. The molecule has 0 atom stereocenters. The topological polar surface area (TPSA) is 25.8 Å². The molecule has 2 heterocycles. The molecule has 0 saturated carbocycles. The van der Waals surface area contributed by atoms with Crippen LogP contribution in [0.5, 0.6) is 0 Å². The number of thiophene rings is 1. The molecule has 3 rings (SSSR count). The molecule has 0 N–H and O–H groups in total. The van der Waals surface area contributed by atoms with Gasteiger partial charge in [-0.05, 0) is 11.6 Å². The molecular formula is C15H14N2S2. The Morgan fingerprint density at radius 2 is 1.89 bits per heavy atom. The zero-order valence-corrected chi connectivity index (χ0v) is 12.5. The van der Waals surface area contributed by atoms with E-state index in [9.17, 15) is 0 Å². The Morgan fingerprint density at radius 3 is 2.63 bits per heavy atom. The standard InChI is InChI=1S/C15H14N2S2/c1-10(2)18-14-12-8-13(11-6-4-3-5-7-11)19-15(12)17-9-16-14/h3-10H,1-2H3. The van der Waals surface area contributed by atoms with E-state index in [2.05, 4.69) is 54.1 Å². The molecule has 0 radical (unpaired) electrons. The molecule has 3 aromatic rings. The largest absolute Gasteiger partial charge is 0.229 e. The highest BCUT2D eigenvalue weighted by atomic mass is 32.2. The second kappa shape index (κ2) is 5.31. The van der Waals surface area contributed by atoms with E-state index in [1.807, 2.05) is 6.07 Å². The number of hydrogen-bond acceptors (Lipinski definition) is 4. The van der Waals surface area contributed by atoms with E-state index >= 15 is 0 Å². The maximum absolute atomic E-state index is 4.41. The molecule has 2 aromatic heterocycles. The van der Waals surface area contributed by atoms with Gasteiger partial charge in [-0.2, -0.15) is 0 Å². The summed E-state index contributed by atoms with van der Waals surface area (Å²) >= 11 is 3.52. The quantitative estimate of drug-likeness (QED) is 0.508. The summed E-state index contributed by atoms with van der Waals surface area (Å²) in [6.45, 7) is 4.37. The molecule has 19 heavy (non-hydrogen) atoms. The van der Waals surface area contributed by atoms with Crippen LogP contribution in [-0.4, -0.2) is 15.2 Å². The number of benzene rings is 1. The van der Waals surface area contributed by atoms with Crippen LogP contribution in [0, 0.1) is 0 Å². The van der Waals surface area contributed by atoms with Crippen LogP contribution in [0.3, 0.4) is 0 Å². The summed E-state index contributed by atoms with van der Waals surface area (Å²) in [4.78, 5) is 11.1. The lowest BCUT2D eigenvalue weighted by molar-refractivity contribution is 1.07. The first kappa shape index (κ1) is 12.6. The monoisotopic (exact) mass is 286 g/mol. The van der Waals surface area contributed by atoms with Crippen molar-refractivity contribution in [1.29, 1.82) is 0 Å². The predicted octanol–water partition coefficient (Wildman–Crippen LogP) is 4.86. The lowest BCUT2D eigenvalue weighted by Gasteiger charge is -2.03. The van der Waals surface area contributed by atoms with Crippen molar-refractivity contribution >= 4 is 33.3 Å². The molecule has 0 amide bonds. The fourth-order valence-electron chi connectivity index (χ4n) is 1.90. The summed E-state index contributed by atoms with van der Waals surface area (Å²) in [5, 5.41) is 2.78. The highest BCUT2D eigenvalue weighted by Crippen LogP contribution is 2.36. The van der Waals surface area contributed by atoms with Gasteiger partial charge in [0, 0.05) is 15.5 Å². The zero-order valence-electron chi connectivity index (χ0n) is 10.8. The van der Waals surface area contributed by atoms with Gasteiger partial charge in [0.25, 0.3) is 0 Å². The van der Waals surface area contributed by atoms with Crippen LogP contribution in [0.25, 0.3) is 20.7 Å². The Bertz CT molecular complexity index is 690. The van der Waals surface area contributed by atoms with E-state index in [0.717, 1.165) is 9.86 Å². The lowest BCUT2D eigenvalue weighted by atomic mass is 10.2. The van der Waals surface area contributed by atoms with E-state index in [1.54, 1.807) is 29.4 Å². The van der Waals surface area contributed by atoms with Crippen LogP contribution in [0.2, 0.25) is 0 Å². The summed E-state index contributed by atoms with van der Waals surface area (Å²) in [6, 6.07) is 12.6. The minimum atomic E-state index is 0.526. The van der Waals surface area contributed by atoms with Gasteiger partial charge in [-0.1, -0.05) is 44.2 Å². The van der Waals surface area contributed by atoms with Gasteiger partial charge in [0.05, 0.1) is 0 Å². The summed E-state index contributed by atoms with van der Waals surface area (Å²) in [6.07, 6.45) is 1.66. The summed E-state index contributed by atoms with van der Waals surface area (Å²) in [5.41, 5.74) is 1.24. The molecule has 1 aromatic carbocycles. The normalized spacial score (nSPS) is 11.3. The first-order valence-corrected chi connectivity index (χ1v) is 7.90. The number of aromatic nitrogens is 2. The smallest absolute Gasteiger partial charge is 0.128 e. The van der Waals surface area contributed by atoms with Gasteiger partial charge >= 0.3 is 0 Å². The number of rotatable bonds is 3. The summed E-state index contributed by atoms with van der Waals surface area (Å²) in [7, 11) is 0. The third-order valence-electron chi connectivity index (χ3n) is 2.70. The Hall–Kier alpha value is -1.39. The van der Waals surface area contributed by atoms with Gasteiger partial charge in [0.1, 0.15) is 16.2 Å². The first-order chi connectivity index (χ1) is 9.24. The number of fused-ring (bicyclic) bond motifs is 1. The maximum atomic E-state index is 4.41. The van der Waals surface area contributed by atoms with Crippen molar-refractivity contribution in [3.8, 4) is 10.4 Å². The number of hydrogen-bond donors (Lipinski definition) is 0. The molecule has 96 valence electrons. The Morgan fingerprint density at radius 1 is 1.11 bits per heavy atom. The third kappa shape index (κ3) is 2.65. The average Bonchev–Trinajstić information content (AvgIpc) is 2.84. The zero-order chi connectivity index (χ0) is 13.2. The van der Waals surface area contributed by atoms with Crippen molar-refractivity contribution in [2.75, 3.05) is 0 Å². The molecule has 0 aliphatic carbocycles. The lowest BCUT2D eigenvalue weighted by Crippen LogP contribution is -1.89. The van der Waals surface area contributed by atoms with Crippen molar-refractivity contribution in [2.24, 2.45) is 0 Å². The SMILES string of the molecule is CC(C)Sc1ncnc2sc(-c3ccccc3)cc12. The van der Waals surface area contributed by atoms with E-state index < -0.39 is 0 Å². The molecule has 0 saturated heterocycles. The number of nitrogens with zero attached hydrogens (tertiary/aromatic N) is 2. The van der Waals surface area contributed by atoms with E-state index in [-0.39, 0.29) is 0 Å². The highest BCUT2D eigenvalue weighted by molar-refractivity contribution is 8.00. The van der Waals surface area contributed by atoms with Crippen molar-refractivity contribution in [3.63, 3.8) is 0 Å². The van der Waals surface area contributed by atoms with Crippen molar-refractivity contribution in [2.45, 2.75) is 24.1 Å². The van der Waals surface area contributed by atoms with Gasteiger partial charge < -0.3 is 0 Å². The van der Waals surface area contributed by atoms with Crippen molar-refractivity contribution in [1.82, 2.24) is 9.97 Å². The second-order valence-electron chi connectivity index (χ2n) is 4.54. The van der Waals surface area contributed by atoms with Gasteiger partial charge in [-0.25, -0.2) is 9.97 Å². The molecular weight excluding hydrogens is 272 g/mol. The van der Waals surface area contributed by atoms with Crippen LogP contribution < -0.4 is 0 Å². The van der Waals surface area contributed by atoms with Crippen molar-refractivity contribution in [3.05, 3.63) is 42.7 Å². The van der Waals surface area contributed by atoms with Gasteiger partial charge in [-0.15, -0.1) is 23.1 Å². The minimum Gasteiger partial charge on any atom is -0.229 e. The Balaban J connectivity index is 2.11. The second-order valence-corrected chi connectivity index (χ2v) is 7.14. The highest BCUT2D eigenvalue weighted by Gasteiger charge is 2.11. The molecule has 0 fully saturated rings. The number of thioether (sulfide) groups is 1. The van der Waals surface area contributed by atoms with Crippen molar-refractivity contribution < 1.29 is 0 Å². The van der Waals surface area contributed by atoms with Gasteiger partial charge in [0.15, 0.2) is 0 Å². The molecule has 0 unspecified atom stereocenters. The summed E-state index contributed by atoms with van der Waals surface area (Å²) in [5.74, 6) is 0. The van der Waals surface area contributed by atoms with Crippen LogP contribution in [0.4, 0.5) is 0 Å². The van der Waals surface area contributed by atoms with Crippen LogP contribution >= 0.6 is 23.1 Å². The van der Waals surface area contributed by atoms with Crippen LogP contribution in [0.15, 0.2) is 47.8 Å². The van der Waals surface area contributed by atoms with Gasteiger partial charge in [0.2, 0.25) is 0 Å². The Labute approximate surface area is 120 Å². The molecule has 0 bridgehead atoms. The third-order valence-corrected chi connectivity index (χ3v) is 4.81. The molecule has 0 spiro atoms. The molecule has 4 heteroatoms. The first-order valence-electron chi connectivity index (χ1n) is 6.20. The molecule has 0 aliphatic heterocycles. The molecule has 2 nitrogen and oxygen atoms in total. The fourth-order valence-corrected chi connectivity index (χ4v) is 3.80.